The Kier molecular flexibility index (Phi) is 4.47. The van der Waals surface area contributed by atoms with Crippen LogP contribution in [0.5, 0.6) is 0 Å². The Balaban J connectivity index is 1.20. The number of amides is 1. The first-order chi connectivity index (χ1) is 14.3. The van der Waals surface area contributed by atoms with E-state index in [0.29, 0.717) is 12.3 Å². The van der Waals surface area contributed by atoms with Crippen molar-refractivity contribution in [3.63, 3.8) is 0 Å². The molecule has 0 atom stereocenters. The fraction of sp³-hybridized carbons (Fsp3) is 0.300. The van der Waals surface area contributed by atoms with E-state index in [0.717, 1.165) is 48.7 Å². The number of likely N-dealkylation sites (tertiary alicyclic amines) is 1. The molecule has 0 saturated carbocycles. The molecule has 0 radical (unpaired) electrons. The van der Waals surface area contributed by atoms with Crippen LogP contribution in [0, 0.1) is 0 Å². The Hall–Kier alpha value is -3.62. The van der Waals surface area contributed by atoms with Crippen LogP contribution in [-0.4, -0.2) is 58.7 Å². The minimum Gasteiger partial charge on any atom is -0.342 e. The molecule has 0 spiro atoms. The summed E-state index contributed by atoms with van der Waals surface area (Å²) in [5, 5.41) is 19.8. The fourth-order valence-corrected chi connectivity index (χ4v) is 3.86. The number of benzene rings is 1. The molecule has 3 aromatic heterocycles. The van der Waals surface area contributed by atoms with Gasteiger partial charge in [0.05, 0.1) is 12.1 Å². The molecule has 0 bridgehead atoms. The van der Waals surface area contributed by atoms with Crippen molar-refractivity contribution in [2.45, 2.75) is 25.2 Å². The van der Waals surface area contributed by atoms with Crippen molar-refractivity contribution in [3.8, 4) is 5.69 Å². The van der Waals surface area contributed by atoms with Gasteiger partial charge in [0, 0.05) is 25.2 Å². The molecule has 0 N–H and O–H groups in total. The van der Waals surface area contributed by atoms with Crippen molar-refractivity contribution in [3.05, 3.63) is 66.4 Å². The van der Waals surface area contributed by atoms with Crippen molar-refractivity contribution in [2.75, 3.05) is 13.1 Å². The van der Waals surface area contributed by atoms with Crippen molar-refractivity contribution < 1.29 is 4.79 Å². The zero-order valence-corrected chi connectivity index (χ0v) is 15.8. The third-order valence-corrected chi connectivity index (χ3v) is 5.46. The molecule has 4 aromatic rings. The smallest absolute Gasteiger partial charge is 0.226 e. The number of aromatic nitrogens is 7. The highest BCUT2D eigenvalue weighted by molar-refractivity contribution is 5.79. The number of hydrogen-bond acceptors (Lipinski definition) is 6. The van der Waals surface area contributed by atoms with Crippen LogP contribution in [-0.2, 0) is 11.2 Å². The SMILES string of the molecule is O=C(Cc1ccc(-n2cnnn2)cc1)N1CCC(c2nnc3ccccn23)CC1. The summed E-state index contributed by atoms with van der Waals surface area (Å²) in [6.45, 7) is 1.49. The molecule has 29 heavy (non-hydrogen) atoms. The van der Waals surface area contributed by atoms with Crippen molar-refractivity contribution in [1.82, 2.24) is 39.7 Å². The van der Waals surface area contributed by atoms with E-state index in [-0.39, 0.29) is 5.91 Å². The first-order valence-electron chi connectivity index (χ1n) is 9.68. The number of nitrogens with zero attached hydrogens (tertiary/aromatic N) is 8. The lowest BCUT2D eigenvalue weighted by atomic mass is 9.95. The first-order valence-corrected chi connectivity index (χ1v) is 9.68. The maximum atomic E-state index is 12.7. The summed E-state index contributed by atoms with van der Waals surface area (Å²) in [6, 6.07) is 13.6. The minimum atomic E-state index is 0.157. The molecule has 1 fully saturated rings. The van der Waals surface area contributed by atoms with Gasteiger partial charge in [-0.15, -0.1) is 15.3 Å². The molecule has 9 heteroatoms. The number of piperidine rings is 1. The summed E-state index contributed by atoms with van der Waals surface area (Å²) in [7, 11) is 0. The molecule has 1 saturated heterocycles. The molecule has 9 nitrogen and oxygen atoms in total. The van der Waals surface area contributed by atoms with Crippen molar-refractivity contribution in [2.24, 2.45) is 0 Å². The monoisotopic (exact) mass is 388 g/mol. The predicted molar refractivity (Wildman–Crippen MR) is 104 cm³/mol. The summed E-state index contributed by atoms with van der Waals surface area (Å²) in [6.07, 6.45) is 5.75. The number of rotatable bonds is 4. The topological polar surface area (TPSA) is 94.1 Å². The van der Waals surface area contributed by atoms with Crippen LogP contribution in [0.3, 0.4) is 0 Å². The minimum absolute atomic E-state index is 0.157. The summed E-state index contributed by atoms with van der Waals surface area (Å²) in [5.41, 5.74) is 2.72. The quantitative estimate of drug-likeness (QED) is 0.528. The lowest BCUT2D eigenvalue weighted by Gasteiger charge is -2.31. The predicted octanol–water partition coefficient (Wildman–Crippen LogP) is 1.65. The van der Waals surface area contributed by atoms with Gasteiger partial charge in [-0.25, -0.2) is 4.68 Å². The average molecular weight is 388 g/mol. The van der Waals surface area contributed by atoms with Crippen molar-refractivity contribution in [1.29, 1.82) is 0 Å². The Morgan fingerprint density at radius 1 is 1.03 bits per heavy atom. The van der Waals surface area contributed by atoms with Crippen LogP contribution in [0.4, 0.5) is 0 Å². The van der Waals surface area contributed by atoms with Crippen molar-refractivity contribution >= 4 is 11.6 Å². The largest absolute Gasteiger partial charge is 0.342 e. The van der Waals surface area contributed by atoms with Crippen LogP contribution in [0.2, 0.25) is 0 Å². The van der Waals surface area contributed by atoms with Crippen LogP contribution in [0.15, 0.2) is 55.0 Å². The summed E-state index contributed by atoms with van der Waals surface area (Å²) >= 11 is 0. The van der Waals surface area contributed by atoms with Crippen LogP contribution < -0.4 is 0 Å². The molecule has 0 unspecified atom stereocenters. The van der Waals surface area contributed by atoms with E-state index in [9.17, 15) is 4.79 Å². The van der Waals surface area contributed by atoms with Gasteiger partial charge in [-0.3, -0.25) is 9.20 Å². The third-order valence-electron chi connectivity index (χ3n) is 5.46. The molecule has 1 amide bonds. The highest BCUT2D eigenvalue weighted by atomic mass is 16.2. The molecule has 1 aliphatic heterocycles. The molecular weight excluding hydrogens is 368 g/mol. The van der Waals surface area contributed by atoms with Gasteiger partial charge >= 0.3 is 0 Å². The Morgan fingerprint density at radius 3 is 2.62 bits per heavy atom. The molecule has 5 rings (SSSR count). The third kappa shape index (κ3) is 3.46. The molecule has 0 aliphatic carbocycles. The summed E-state index contributed by atoms with van der Waals surface area (Å²) < 4.78 is 3.64. The maximum Gasteiger partial charge on any atom is 0.226 e. The zero-order chi connectivity index (χ0) is 19.6. The first kappa shape index (κ1) is 17.5. The van der Waals surface area contributed by atoms with Gasteiger partial charge in [0.2, 0.25) is 5.91 Å². The normalized spacial score (nSPS) is 15.1. The average Bonchev–Trinajstić information content (AvgIpc) is 3.45. The number of carbonyl (C=O) groups is 1. The van der Waals surface area contributed by atoms with E-state index < -0.39 is 0 Å². The highest BCUT2D eigenvalue weighted by Crippen LogP contribution is 2.27. The van der Waals surface area contributed by atoms with Gasteiger partial charge in [0.15, 0.2) is 5.65 Å². The Labute approximate surface area is 167 Å². The van der Waals surface area contributed by atoms with E-state index in [1.165, 1.54) is 0 Å². The van der Waals surface area contributed by atoms with Gasteiger partial charge in [-0.05, 0) is 53.1 Å². The molecule has 1 aromatic carbocycles. The van der Waals surface area contributed by atoms with Gasteiger partial charge in [0.25, 0.3) is 0 Å². The van der Waals surface area contributed by atoms with Gasteiger partial charge in [-0.2, -0.15) is 0 Å². The lowest BCUT2D eigenvalue weighted by Crippen LogP contribution is -2.39. The molecule has 1 aliphatic rings. The zero-order valence-electron chi connectivity index (χ0n) is 15.8. The number of carbonyl (C=O) groups excluding carboxylic acids is 1. The van der Waals surface area contributed by atoms with E-state index in [4.69, 9.17) is 0 Å². The molecular formula is C20H20N8O. The van der Waals surface area contributed by atoms with E-state index >= 15 is 0 Å². The summed E-state index contributed by atoms with van der Waals surface area (Å²) in [5.74, 6) is 1.47. The lowest BCUT2D eigenvalue weighted by molar-refractivity contribution is -0.131. The second-order valence-electron chi connectivity index (χ2n) is 7.24. The standard InChI is InChI=1S/C20H20N8O/c29-19(13-15-4-6-17(7-5-15)28-14-21-24-25-28)26-11-8-16(9-12-26)20-23-22-18-3-1-2-10-27(18)20/h1-7,10,14,16H,8-9,11-13H2. The van der Waals surface area contributed by atoms with E-state index in [2.05, 4.69) is 25.7 Å². The Bertz CT molecular complexity index is 1110. The van der Waals surface area contributed by atoms with E-state index in [1.807, 2.05) is 58.0 Å². The number of pyridine rings is 1. The summed E-state index contributed by atoms with van der Waals surface area (Å²) in [4.78, 5) is 14.7. The molecule has 4 heterocycles. The fourth-order valence-electron chi connectivity index (χ4n) is 3.86. The maximum absolute atomic E-state index is 12.7. The Morgan fingerprint density at radius 2 is 1.86 bits per heavy atom. The van der Waals surface area contributed by atoms with Gasteiger partial charge < -0.3 is 4.90 Å². The van der Waals surface area contributed by atoms with Gasteiger partial charge in [-0.1, -0.05) is 18.2 Å². The second kappa shape index (κ2) is 7.42. The number of tetrazole rings is 1. The second-order valence-corrected chi connectivity index (χ2v) is 7.24. The molecule has 146 valence electrons. The van der Waals surface area contributed by atoms with Gasteiger partial charge in [0.1, 0.15) is 12.2 Å². The van der Waals surface area contributed by atoms with Crippen LogP contribution in [0.25, 0.3) is 11.3 Å². The number of hydrogen-bond donors (Lipinski definition) is 0. The highest BCUT2D eigenvalue weighted by Gasteiger charge is 2.26. The van der Waals surface area contributed by atoms with E-state index in [1.54, 1.807) is 11.0 Å². The van der Waals surface area contributed by atoms with Crippen LogP contribution >= 0.6 is 0 Å². The number of fused-ring (bicyclic) bond motifs is 1. The van der Waals surface area contributed by atoms with Crippen LogP contribution in [0.1, 0.15) is 30.1 Å².